The zero-order chi connectivity index (χ0) is 12.9. The number of carboxylic acid groups (broad SMARTS) is 2. The summed E-state index contributed by atoms with van der Waals surface area (Å²) in [4.78, 5) is 21.7. The third-order valence-corrected chi connectivity index (χ3v) is 2.37. The van der Waals surface area contributed by atoms with Crippen LogP contribution in [0.3, 0.4) is 0 Å². The quantitative estimate of drug-likeness (QED) is 0.591. The van der Waals surface area contributed by atoms with Crippen molar-refractivity contribution in [2.75, 3.05) is 6.61 Å². The Morgan fingerprint density at radius 3 is 2.18 bits per heavy atom. The molecule has 0 saturated carbocycles. The second kappa shape index (κ2) is 5.31. The van der Waals surface area contributed by atoms with Crippen LogP contribution in [0.15, 0.2) is 30.3 Å². The van der Waals surface area contributed by atoms with Crippen molar-refractivity contribution < 1.29 is 24.9 Å². The number of hydrogen-bond donors (Lipinski definition) is 4. The minimum Gasteiger partial charge on any atom is -0.479 e. The third kappa shape index (κ3) is 3.18. The second-order valence-corrected chi connectivity index (χ2v) is 3.64. The molecule has 0 bridgehead atoms. The van der Waals surface area contributed by atoms with Gasteiger partial charge in [-0.15, -0.1) is 0 Å². The van der Waals surface area contributed by atoms with Crippen molar-refractivity contribution in [2.45, 2.75) is 12.0 Å². The molecular formula is C11H13NO5. The Morgan fingerprint density at radius 2 is 1.76 bits per heavy atom. The highest BCUT2D eigenvalue weighted by molar-refractivity contribution is 5.84. The molecule has 0 spiro atoms. The van der Waals surface area contributed by atoms with Gasteiger partial charge < -0.3 is 20.6 Å². The summed E-state index contributed by atoms with van der Waals surface area (Å²) in [6.07, 6.45) is -1.61. The smallest absolute Gasteiger partial charge is 0.405 e. The molecule has 1 aromatic carbocycles. The molecule has 92 valence electrons. The number of rotatable bonds is 5. The molecule has 0 radical (unpaired) electrons. The molecule has 1 rings (SSSR count). The monoisotopic (exact) mass is 239 g/mol. The van der Waals surface area contributed by atoms with Crippen LogP contribution < -0.4 is 5.32 Å². The van der Waals surface area contributed by atoms with Crippen molar-refractivity contribution in [1.82, 2.24) is 5.32 Å². The van der Waals surface area contributed by atoms with Crippen LogP contribution in [0.2, 0.25) is 0 Å². The topological polar surface area (TPSA) is 107 Å². The SMILES string of the molecule is O=C(O)NC(CO)(Cc1ccccc1)C(=O)O. The molecule has 6 nitrogen and oxygen atoms in total. The van der Waals surface area contributed by atoms with Gasteiger partial charge in [-0.05, 0) is 5.56 Å². The molecule has 6 heteroatoms. The van der Waals surface area contributed by atoms with Gasteiger partial charge in [-0.1, -0.05) is 30.3 Å². The standard InChI is InChI=1S/C11H13NO5/c13-7-11(9(14)15,12-10(16)17)6-8-4-2-1-3-5-8/h1-5,12-13H,6-7H2,(H,14,15)(H,16,17). The van der Waals surface area contributed by atoms with Crippen LogP contribution in [-0.4, -0.2) is 39.5 Å². The molecule has 1 atom stereocenters. The Kier molecular flexibility index (Phi) is 4.06. The van der Waals surface area contributed by atoms with Gasteiger partial charge in [0.2, 0.25) is 0 Å². The van der Waals surface area contributed by atoms with E-state index in [1.165, 1.54) is 0 Å². The van der Waals surface area contributed by atoms with E-state index in [2.05, 4.69) is 0 Å². The van der Waals surface area contributed by atoms with Gasteiger partial charge in [-0.25, -0.2) is 9.59 Å². The fourth-order valence-electron chi connectivity index (χ4n) is 1.49. The molecule has 0 fully saturated rings. The highest BCUT2D eigenvalue weighted by Gasteiger charge is 2.39. The maximum atomic E-state index is 11.1. The number of carboxylic acids is 1. The molecule has 4 N–H and O–H groups in total. The largest absolute Gasteiger partial charge is 0.479 e. The maximum absolute atomic E-state index is 11.1. The first-order valence-electron chi connectivity index (χ1n) is 4.89. The third-order valence-electron chi connectivity index (χ3n) is 2.37. The Morgan fingerprint density at radius 1 is 1.18 bits per heavy atom. The average molecular weight is 239 g/mol. The highest BCUT2D eigenvalue weighted by Crippen LogP contribution is 2.14. The lowest BCUT2D eigenvalue weighted by atomic mass is 9.92. The van der Waals surface area contributed by atoms with Crippen molar-refractivity contribution in [3.05, 3.63) is 35.9 Å². The molecule has 17 heavy (non-hydrogen) atoms. The van der Waals surface area contributed by atoms with Crippen LogP contribution in [0.4, 0.5) is 4.79 Å². The summed E-state index contributed by atoms with van der Waals surface area (Å²) < 4.78 is 0. The maximum Gasteiger partial charge on any atom is 0.405 e. The molecule has 0 saturated heterocycles. The van der Waals surface area contributed by atoms with E-state index in [9.17, 15) is 9.59 Å². The summed E-state index contributed by atoms with van der Waals surface area (Å²) in [5.74, 6) is -1.41. The fourth-order valence-corrected chi connectivity index (χ4v) is 1.49. The van der Waals surface area contributed by atoms with E-state index < -0.39 is 24.2 Å². The van der Waals surface area contributed by atoms with Crippen LogP contribution in [0.1, 0.15) is 5.56 Å². The summed E-state index contributed by atoms with van der Waals surface area (Å²) in [6.45, 7) is -0.816. The number of nitrogens with one attached hydrogen (secondary N) is 1. The lowest BCUT2D eigenvalue weighted by molar-refractivity contribution is -0.146. The fraction of sp³-hybridized carbons (Fsp3) is 0.273. The Labute approximate surface area is 97.5 Å². The predicted octanol–water partition coefficient (Wildman–Crippen LogP) is 0.312. The lowest BCUT2D eigenvalue weighted by Crippen LogP contribution is -2.58. The van der Waals surface area contributed by atoms with Gasteiger partial charge in [0.15, 0.2) is 5.54 Å². The number of aliphatic hydroxyl groups excluding tert-OH is 1. The Balaban J connectivity index is 2.98. The summed E-state index contributed by atoms with van der Waals surface area (Å²) in [5, 5.41) is 28.7. The van der Waals surface area contributed by atoms with Gasteiger partial charge in [0.05, 0.1) is 6.61 Å². The normalized spacial score (nSPS) is 13.7. The molecule has 0 heterocycles. The molecule has 1 unspecified atom stereocenters. The van der Waals surface area contributed by atoms with Crippen molar-refractivity contribution >= 4 is 12.1 Å². The molecule has 0 aliphatic rings. The van der Waals surface area contributed by atoms with E-state index in [1.54, 1.807) is 30.3 Å². The first-order valence-corrected chi connectivity index (χ1v) is 4.89. The molecule has 1 aromatic rings. The van der Waals surface area contributed by atoms with E-state index in [-0.39, 0.29) is 6.42 Å². The zero-order valence-corrected chi connectivity index (χ0v) is 8.96. The first kappa shape index (κ1) is 13.0. The van der Waals surface area contributed by atoms with Crippen molar-refractivity contribution in [1.29, 1.82) is 0 Å². The zero-order valence-electron chi connectivity index (χ0n) is 8.96. The summed E-state index contributed by atoms with van der Waals surface area (Å²) in [6, 6.07) is 8.50. The number of benzene rings is 1. The molecule has 1 amide bonds. The number of aliphatic carboxylic acids is 1. The molecule has 0 aliphatic carbocycles. The van der Waals surface area contributed by atoms with Crippen molar-refractivity contribution in [3.8, 4) is 0 Å². The van der Waals surface area contributed by atoms with Crippen LogP contribution in [0.5, 0.6) is 0 Å². The molecular weight excluding hydrogens is 226 g/mol. The summed E-state index contributed by atoms with van der Waals surface area (Å²) in [5.41, 5.74) is -1.29. The highest BCUT2D eigenvalue weighted by atomic mass is 16.4. The minimum atomic E-state index is -1.91. The van der Waals surface area contributed by atoms with Crippen molar-refractivity contribution in [2.24, 2.45) is 0 Å². The van der Waals surface area contributed by atoms with E-state index in [0.29, 0.717) is 5.56 Å². The number of hydrogen-bond acceptors (Lipinski definition) is 3. The second-order valence-electron chi connectivity index (χ2n) is 3.64. The first-order chi connectivity index (χ1) is 8.00. The van der Waals surface area contributed by atoms with Gasteiger partial charge in [0.25, 0.3) is 0 Å². The van der Waals surface area contributed by atoms with Crippen LogP contribution >= 0.6 is 0 Å². The molecule has 0 aromatic heterocycles. The van der Waals surface area contributed by atoms with Gasteiger partial charge in [0.1, 0.15) is 0 Å². The van der Waals surface area contributed by atoms with Crippen LogP contribution in [-0.2, 0) is 11.2 Å². The number of carbonyl (C=O) groups is 2. The summed E-state index contributed by atoms with van der Waals surface area (Å²) >= 11 is 0. The number of amides is 1. The van der Waals surface area contributed by atoms with Gasteiger partial charge in [-0.2, -0.15) is 0 Å². The Bertz CT molecular complexity index is 406. The van der Waals surface area contributed by atoms with E-state index >= 15 is 0 Å². The van der Waals surface area contributed by atoms with Gasteiger partial charge in [0, 0.05) is 6.42 Å². The van der Waals surface area contributed by atoms with Gasteiger partial charge in [-0.3, -0.25) is 0 Å². The lowest BCUT2D eigenvalue weighted by Gasteiger charge is -2.27. The van der Waals surface area contributed by atoms with Crippen LogP contribution in [0, 0.1) is 0 Å². The van der Waals surface area contributed by atoms with E-state index in [1.807, 2.05) is 5.32 Å². The molecule has 0 aliphatic heterocycles. The van der Waals surface area contributed by atoms with Crippen LogP contribution in [0.25, 0.3) is 0 Å². The van der Waals surface area contributed by atoms with E-state index in [4.69, 9.17) is 15.3 Å². The van der Waals surface area contributed by atoms with Gasteiger partial charge >= 0.3 is 12.1 Å². The average Bonchev–Trinajstić information content (AvgIpc) is 2.28. The number of aliphatic hydroxyl groups is 1. The van der Waals surface area contributed by atoms with Crippen molar-refractivity contribution in [3.63, 3.8) is 0 Å². The van der Waals surface area contributed by atoms with E-state index in [0.717, 1.165) is 0 Å². The predicted molar refractivity (Wildman–Crippen MR) is 58.8 cm³/mol. The summed E-state index contributed by atoms with van der Waals surface area (Å²) in [7, 11) is 0. The Hall–Kier alpha value is -2.08. The minimum absolute atomic E-state index is 0.119.